The molecule has 28 heavy (non-hydrogen) atoms. The molecule has 0 fully saturated rings. The minimum Gasteiger partial charge on any atom is -0.371 e. The summed E-state index contributed by atoms with van der Waals surface area (Å²) in [7, 11) is 1.69. The summed E-state index contributed by atoms with van der Waals surface area (Å²) in [5.41, 5.74) is 1.96. The zero-order valence-corrected chi connectivity index (χ0v) is 15.9. The first-order chi connectivity index (χ1) is 13.5. The average molecular weight is 381 g/mol. The van der Waals surface area contributed by atoms with E-state index in [9.17, 15) is 9.90 Å². The Balaban J connectivity index is 1.43. The molecule has 3 heterocycles. The van der Waals surface area contributed by atoms with E-state index in [1.807, 2.05) is 48.0 Å². The number of carbonyl (C=O) groups is 1. The minimum absolute atomic E-state index is 0.146. The van der Waals surface area contributed by atoms with Crippen LogP contribution in [0.25, 0.3) is 0 Å². The van der Waals surface area contributed by atoms with Crippen molar-refractivity contribution in [2.45, 2.75) is 38.7 Å². The molecule has 0 aliphatic carbocycles. The molecule has 1 aromatic carbocycles. The van der Waals surface area contributed by atoms with Gasteiger partial charge in [-0.3, -0.25) is 15.0 Å². The maximum absolute atomic E-state index is 12.8. The summed E-state index contributed by atoms with van der Waals surface area (Å²) < 4.78 is 3.61. The summed E-state index contributed by atoms with van der Waals surface area (Å²) in [6.45, 7) is 3.09. The second kappa shape index (κ2) is 7.53. The number of benzene rings is 1. The van der Waals surface area contributed by atoms with Crippen LogP contribution in [-0.4, -0.2) is 48.4 Å². The first kappa shape index (κ1) is 18.3. The molecule has 4 rings (SSSR count). The van der Waals surface area contributed by atoms with E-state index >= 15 is 0 Å². The van der Waals surface area contributed by atoms with Crippen LogP contribution in [-0.2, 0) is 17.9 Å². The van der Waals surface area contributed by atoms with Gasteiger partial charge < -0.3 is 9.67 Å². The number of aliphatic hydroxyl groups is 1. The summed E-state index contributed by atoms with van der Waals surface area (Å²) >= 11 is 0. The zero-order valence-electron chi connectivity index (χ0n) is 15.9. The number of amides is 1. The molecule has 0 saturated carbocycles. The molecule has 9 nitrogen and oxygen atoms in total. The number of aryl methyl sites for hydroxylation is 2. The lowest BCUT2D eigenvalue weighted by molar-refractivity contribution is -0.121. The molecule has 2 atom stereocenters. The minimum atomic E-state index is -1.13. The van der Waals surface area contributed by atoms with Crippen molar-refractivity contribution in [3.63, 3.8) is 0 Å². The molecule has 1 aliphatic heterocycles. The van der Waals surface area contributed by atoms with E-state index < -0.39 is 12.3 Å². The van der Waals surface area contributed by atoms with Crippen molar-refractivity contribution in [2.75, 3.05) is 11.9 Å². The van der Waals surface area contributed by atoms with Crippen LogP contribution in [0.1, 0.15) is 29.7 Å². The van der Waals surface area contributed by atoms with E-state index in [1.165, 1.54) is 4.90 Å². The monoisotopic (exact) mass is 381 g/mol. The molecular formula is C19H23N7O2. The van der Waals surface area contributed by atoms with Gasteiger partial charge in [-0.15, -0.1) is 0 Å². The van der Waals surface area contributed by atoms with Gasteiger partial charge in [0, 0.05) is 19.8 Å². The predicted octanol–water partition coefficient (Wildman–Crippen LogP) is 0.847. The number of rotatable bonds is 5. The van der Waals surface area contributed by atoms with Gasteiger partial charge in [-0.05, 0) is 18.9 Å². The summed E-state index contributed by atoms with van der Waals surface area (Å²) in [5.74, 6) is 0.711. The Morgan fingerprint density at radius 3 is 2.89 bits per heavy atom. The Hall–Kier alpha value is -3.04. The number of hydrogen-bond acceptors (Lipinski definition) is 6. The fourth-order valence-electron chi connectivity index (χ4n) is 3.39. The Morgan fingerprint density at radius 2 is 2.11 bits per heavy atom. The van der Waals surface area contributed by atoms with Crippen LogP contribution >= 0.6 is 0 Å². The Morgan fingerprint density at radius 1 is 1.32 bits per heavy atom. The van der Waals surface area contributed by atoms with Crippen molar-refractivity contribution in [3.05, 3.63) is 59.9 Å². The second-order valence-electron chi connectivity index (χ2n) is 6.97. The molecule has 0 radical (unpaired) electrons. The van der Waals surface area contributed by atoms with Crippen molar-refractivity contribution in [2.24, 2.45) is 0 Å². The lowest BCUT2D eigenvalue weighted by Crippen LogP contribution is -2.46. The molecule has 146 valence electrons. The highest BCUT2D eigenvalue weighted by molar-refractivity contribution is 5.95. The van der Waals surface area contributed by atoms with Gasteiger partial charge in [0.05, 0.1) is 18.3 Å². The Kier molecular flexibility index (Phi) is 4.93. The van der Waals surface area contributed by atoms with Gasteiger partial charge in [0.15, 0.2) is 12.1 Å². The Labute approximate surface area is 162 Å². The van der Waals surface area contributed by atoms with Crippen molar-refractivity contribution in [3.8, 4) is 0 Å². The van der Waals surface area contributed by atoms with Crippen LogP contribution in [0.3, 0.4) is 0 Å². The lowest BCUT2D eigenvalue weighted by Gasteiger charge is -2.21. The average Bonchev–Trinajstić information content (AvgIpc) is 3.28. The topological polar surface area (TPSA) is 101 Å². The van der Waals surface area contributed by atoms with Crippen molar-refractivity contribution >= 4 is 11.9 Å². The highest BCUT2D eigenvalue weighted by atomic mass is 16.3. The van der Waals surface area contributed by atoms with Gasteiger partial charge >= 0.3 is 0 Å². The first-order valence-electron chi connectivity index (χ1n) is 9.20. The fraction of sp³-hybridized carbons (Fsp3) is 0.368. The van der Waals surface area contributed by atoms with Crippen LogP contribution in [0.2, 0.25) is 0 Å². The highest BCUT2D eigenvalue weighted by Gasteiger charge is 2.31. The first-order valence-corrected chi connectivity index (χ1v) is 9.20. The van der Waals surface area contributed by atoms with Gasteiger partial charge in [-0.1, -0.05) is 30.3 Å². The third-order valence-corrected chi connectivity index (χ3v) is 4.81. The van der Waals surface area contributed by atoms with E-state index in [1.54, 1.807) is 18.1 Å². The molecule has 0 saturated heterocycles. The number of fused-ring (bicyclic) bond motifs is 1. The maximum atomic E-state index is 12.8. The normalized spacial score (nSPS) is 18.0. The number of imidazole rings is 1. The molecule has 9 heteroatoms. The highest BCUT2D eigenvalue weighted by Crippen LogP contribution is 2.20. The van der Waals surface area contributed by atoms with Crippen LogP contribution < -0.4 is 10.2 Å². The van der Waals surface area contributed by atoms with Gasteiger partial charge in [0.2, 0.25) is 11.9 Å². The smallest absolute Gasteiger partial charge is 0.246 e. The standard InChI is InChI=1S/C19H23N7O2/c1-13-10-25-9-8-15(18(28)24(2)19(25)21-13)22-17(27)16-20-12-26(23-16)11-14-6-4-3-5-7-14/h3-7,10,12,15,17,22,27H,8-9,11H2,1-2H3. The molecule has 2 aromatic heterocycles. The van der Waals surface area contributed by atoms with E-state index in [0.29, 0.717) is 25.5 Å². The third kappa shape index (κ3) is 3.67. The van der Waals surface area contributed by atoms with Crippen LogP contribution in [0.4, 0.5) is 5.95 Å². The number of nitrogens with one attached hydrogen (secondary N) is 1. The van der Waals surface area contributed by atoms with Gasteiger partial charge in [0.1, 0.15) is 6.33 Å². The molecule has 0 bridgehead atoms. The van der Waals surface area contributed by atoms with E-state index in [-0.39, 0.29) is 11.7 Å². The maximum Gasteiger partial charge on any atom is 0.246 e. The predicted molar refractivity (Wildman–Crippen MR) is 102 cm³/mol. The van der Waals surface area contributed by atoms with Crippen molar-refractivity contribution in [1.29, 1.82) is 0 Å². The molecule has 1 aliphatic rings. The zero-order chi connectivity index (χ0) is 19.7. The van der Waals surface area contributed by atoms with Crippen LogP contribution in [0.5, 0.6) is 0 Å². The van der Waals surface area contributed by atoms with Crippen molar-refractivity contribution < 1.29 is 9.90 Å². The number of anilines is 1. The Bertz CT molecular complexity index is 966. The summed E-state index contributed by atoms with van der Waals surface area (Å²) in [6, 6.07) is 9.33. The second-order valence-corrected chi connectivity index (χ2v) is 6.97. The number of likely N-dealkylation sites (N-methyl/N-ethyl adjacent to an activating group) is 1. The van der Waals surface area contributed by atoms with Gasteiger partial charge in [-0.2, -0.15) is 5.10 Å². The van der Waals surface area contributed by atoms with E-state index in [2.05, 4.69) is 20.4 Å². The van der Waals surface area contributed by atoms with Gasteiger partial charge in [0.25, 0.3) is 0 Å². The lowest BCUT2D eigenvalue weighted by atomic mass is 10.2. The van der Waals surface area contributed by atoms with Crippen LogP contribution in [0.15, 0.2) is 42.9 Å². The molecule has 2 unspecified atom stereocenters. The SMILES string of the molecule is Cc1cn2c(n1)N(C)C(=O)C(NC(O)c1ncn(Cc3ccccc3)n1)CC2. The van der Waals surface area contributed by atoms with E-state index in [0.717, 1.165) is 11.3 Å². The molecule has 2 N–H and O–H groups in total. The fourth-order valence-corrected chi connectivity index (χ4v) is 3.39. The number of aliphatic hydroxyl groups excluding tert-OH is 1. The third-order valence-electron chi connectivity index (χ3n) is 4.81. The molecule has 0 spiro atoms. The summed E-state index contributed by atoms with van der Waals surface area (Å²) in [6.07, 6.45) is 2.90. The quantitative estimate of drug-likeness (QED) is 0.636. The number of hydrogen-bond donors (Lipinski definition) is 2. The summed E-state index contributed by atoms with van der Waals surface area (Å²) in [5, 5.41) is 17.8. The van der Waals surface area contributed by atoms with E-state index in [4.69, 9.17) is 0 Å². The number of nitrogens with zero attached hydrogens (tertiary/aromatic N) is 6. The molecule has 1 amide bonds. The van der Waals surface area contributed by atoms with Gasteiger partial charge in [-0.25, -0.2) is 14.6 Å². The number of carbonyl (C=O) groups excluding carboxylic acids is 1. The molecular weight excluding hydrogens is 358 g/mol. The largest absolute Gasteiger partial charge is 0.371 e. The van der Waals surface area contributed by atoms with Crippen molar-refractivity contribution in [1.82, 2.24) is 29.6 Å². The summed E-state index contributed by atoms with van der Waals surface area (Å²) in [4.78, 5) is 22.9. The molecule has 3 aromatic rings. The number of aromatic nitrogens is 5. The van der Waals surface area contributed by atoms with Crippen LogP contribution in [0, 0.1) is 6.92 Å².